The van der Waals surface area contributed by atoms with Gasteiger partial charge in [-0.05, 0) is 52.6 Å². The average molecular weight is 478 g/mol. The van der Waals surface area contributed by atoms with Crippen LogP contribution in [0.2, 0.25) is 0 Å². The summed E-state index contributed by atoms with van der Waals surface area (Å²) in [6, 6.07) is 35.7. The molecular weight excluding hydrogens is 454 g/mol. The van der Waals surface area contributed by atoms with Crippen molar-refractivity contribution in [2.45, 2.75) is 19.3 Å². The molecule has 8 rings (SSSR count). The minimum Gasteiger partial charge on any atom is -0.422 e. The molecule has 0 spiro atoms. The van der Waals surface area contributed by atoms with Crippen LogP contribution in [0.25, 0.3) is 60.4 Å². The predicted molar refractivity (Wildman–Crippen MR) is 152 cm³/mol. The third-order valence-electron chi connectivity index (χ3n) is 8.24. The van der Waals surface area contributed by atoms with Crippen LogP contribution in [0.4, 0.5) is 0 Å². The summed E-state index contributed by atoms with van der Waals surface area (Å²) in [6.07, 6.45) is 0. The Morgan fingerprint density at radius 1 is 0.622 bits per heavy atom. The minimum absolute atomic E-state index is 0.116. The van der Waals surface area contributed by atoms with E-state index in [2.05, 4.69) is 79.1 Å². The first-order chi connectivity index (χ1) is 18.0. The van der Waals surface area contributed by atoms with E-state index in [1.54, 1.807) is 0 Å². The van der Waals surface area contributed by atoms with Gasteiger partial charge in [0.25, 0.3) is 0 Å². The van der Waals surface area contributed by atoms with Crippen LogP contribution in [0.5, 0.6) is 0 Å². The van der Waals surface area contributed by atoms with E-state index in [4.69, 9.17) is 4.42 Å². The summed E-state index contributed by atoms with van der Waals surface area (Å²) in [5.41, 5.74) is 8.45. The Labute approximate surface area is 213 Å². The van der Waals surface area contributed by atoms with Crippen molar-refractivity contribution >= 4 is 43.5 Å². The van der Waals surface area contributed by atoms with Gasteiger partial charge in [-0.25, -0.2) is 4.79 Å². The van der Waals surface area contributed by atoms with Gasteiger partial charge >= 0.3 is 5.63 Å². The van der Waals surface area contributed by atoms with Gasteiger partial charge in [-0.2, -0.15) is 0 Å². The second-order valence-corrected chi connectivity index (χ2v) is 10.5. The molecule has 37 heavy (non-hydrogen) atoms. The fourth-order valence-electron chi connectivity index (χ4n) is 6.52. The summed E-state index contributed by atoms with van der Waals surface area (Å²) >= 11 is 0. The Bertz CT molecular complexity index is 2140. The summed E-state index contributed by atoms with van der Waals surface area (Å²) in [4.78, 5) is 13.4. The van der Waals surface area contributed by atoms with Crippen LogP contribution in [-0.4, -0.2) is 4.57 Å². The molecule has 0 atom stereocenters. The second-order valence-electron chi connectivity index (χ2n) is 10.5. The highest BCUT2D eigenvalue weighted by atomic mass is 16.4. The highest BCUT2D eigenvalue weighted by Gasteiger charge is 2.36. The summed E-state index contributed by atoms with van der Waals surface area (Å²) in [5, 5.41) is 4.81. The van der Waals surface area contributed by atoms with Crippen molar-refractivity contribution in [3.05, 3.63) is 125 Å². The monoisotopic (exact) mass is 477 g/mol. The third-order valence-corrected chi connectivity index (χ3v) is 8.24. The number of para-hydroxylation sites is 2. The fraction of sp³-hybridized carbons (Fsp3) is 0.0882. The quantitative estimate of drug-likeness (QED) is 0.176. The summed E-state index contributed by atoms with van der Waals surface area (Å²) in [7, 11) is 0. The van der Waals surface area contributed by atoms with Crippen LogP contribution in [-0.2, 0) is 5.41 Å². The van der Waals surface area contributed by atoms with Crippen molar-refractivity contribution in [1.29, 1.82) is 0 Å². The molecule has 0 radical (unpaired) electrons. The standard InChI is InChI=1S/C34H23NO2/c1-34(2)26-14-6-3-10-20(26)24-18-25-21-11-4-7-15-28(21)35(30(25)19-27(24)34)29-16-9-13-23-22-12-5-8-17-31(22)37-33(36)32(23)29/h3-19H,1-2H3. The van der Waals surface area contributed by atoms with E-state index in [-0.39, 0.29) is 11.0 Å². The Morgan fingerprint density at radius 3 is 2.24 bits per heavy atom. The Kier molecular flexibility index (Phi) is 3.88. The first-order valence-electron chi connectivity index (χ1n) is 12.7. The molecule has 0 bridgehead atoms. The maximum Gasteiger partial charge on any atom is 0.346 e. The molecule has 2 aromatic heterocycles. The fourth-order valence-corrected chi connectivity index (χ4v) is 6.52. The molecule has 0 saturated heterocycles. The lowest BCUT2D eigenvalue weighted by Crippen LogP contribution is -2.15. The summed E-state index contributed by atoms with van der Waals surface area (Å²) < 4.78 is 8.07. The van der Waals surface area contributed by atoms with Gasteiger partial charge in [0, 0.05) is 27.0 Å². The number of nitrogens with zero attached hydrogens (tertiary/aromatic N) is 1. The number of hydrogen-bond donors (Lipinski definition) is 0. The molecule has 0 fully saturated rings. The number of aromatic nitrogens is 1. The highest BCUT2D eigenvalue weighted by Crippen LogP contribution is 2.51. The van der Waals surface area contributed by atoms with E-state index in [1.807, 2.05) is 42.5 Å². The molecule has 5 aromatic carbocycles. The van der Waals surface area contributed by atoms with Crippen molar-refractivity contribution in [3.63, 3.8) is 0 Å². The van der Waals surface area contributed by atoms with Gasteiger partial charge in [0.15, 0.2) is 0 Å². The minimum atomic E-state index is -0.316. The zero-order valence-corrected chi connectivity index (χ0v) is 20.6. The van der Waals surface area contributed by atoms with E-state index >= 15 is 0 Å². The molecule has 0 N–H and O–H groups in total. The lowest BCUT2D eigenvalue weighted by molar-refractivity contribution is 0.569. The number of rotatable bonds is 1. The van der Waals surface area contributed by atoms with Crippen LogP contribution in [0.3, 0.4) is 0 Å². The van der Waals surface area contributed by atoms with E-state index < -0.39 is 0 Å². The summed E-state index contributed by atoms with van der Waals surface area (Å²) in [5.74, 6) is 0. The van der Waals surface area contributed by atoms with Crippen molar-refractivity contribution in [2.75, 3.05) is 0 Å². The third kappa shape index (κ3) is 2.58. The van der Waals surface area contributed by atoms with Crippen molar-refractivity contribution in [2.24, 2.45) is 0 Å². The van der Waals surface area contributed by atoms with Crippen LogP contribution >= 0.6 is 0 Å². The van der Waals surface area contributed by atoms with Crippen molar-refractivity contribution < 1.29 is 4.42 Å². The lowest BCUT2D eigenvalue weighted by Gasteiger charge is -2.21. The normalized spacial score (nSPS) is 14.0. The van der Waals surface area contributed by atoms with Gasteiger partial charge in [0.1, 0.15) is 5.58 Å². The molecule has 7 aromatic rings. The zero-order valence-electron chi connectivity index (χ0n) is 20.6. The van der Waals surface area contributed by atoms with Crippen LogP contribution < -0.4 is 5.63 Å². The smallest absolute Gasteiger partial charge is 0.346 e. The van der Waals surface area contributed by atoms with Gasteiger partial charge < -0.3 is 8.98 Å². The van der Waals surface area contributed by atoms with Crippen LogP contribution in [0.1, 0.15) is 25.0 Å². The molecular formula is C34H23NO2. The van der Waals surface area contributed by atoms with Gasteiger partial charge in [-0.3, -0.25) is 0 Å². The predicted octanol–water partition coefficient (Wildman–Crippen LogP) is 8.35. The number of benzene rings is 5. The van der Waals surface area contributed by atoms with E-state index in [0.29, 0.717) is 11.0 Å². The van der Waals surface area contributed by atoms with Gasteiger partial charge in [-0.15, -0.1) is 0 Å². The van der Waals surface area contributed by atoms with Crippen molar-refractivity contribution in [1.82, 2.24) is 4.57 Å². The Hall–Kier alpha value is -4.63. The number of hydrogen-bond acceptors (Lipinski definition) is 2. The first kappa shape index (κ1) is 20.6. The van der Waals surface area contributed by atoms with Gasteiger partial charge in [0.2, 0.25) is 0 Å². The topological polar surface area (TPSA) is 35.1 Å². The molecule has 0 amide bonds. The molecule has 3 nitrogen and oxygen atoms in total. The van der Waals surface area contributed by atoms with E-state index in [0.717, 1.165) is 27.5 Å². The largest absolute Gasteiger partial charge is 0.422 e. The Morgan fingerprint density at radius 2 is 1.35 bits per heavy atom. The molecule has 3 heteroatoms. The Balaban J connectivity index is 1.55. The molecule has 0 saturated carbocycles. The highest BCUT2D eigenvalue weighted by molar-refractivity contribution is 6.14. The summed E-state index contributed by atoms with van der Waals surface area (Å²) in [6.45, 7) is 4.60. The maximum atomic E-state index is 13.4. The van der Waals surface area contributed by atoms with Crippen LogP contribution in [0.15, 0.2) is 112 Å². The second kappa shape index (κ2) is 6.98. The van der Waals surface area contributed by atoms with Crippen molar-refractivity contribution in [3.8, 4) is 16.8 Å². The molecule has 1 aliphatic carbocycles. The van der Waals surface area contributed by atoms with E-state index in [1.165, 1.54) is 33.0 Å². The molecule has 0 aliphatic heterocycles. The maximum absolute atomic E-state index is 13.4. The first-order valence-corrected chi connectivity index (χ1v) is 12.7. The van der Waals surface area contributed by atoms with E-state index in [9.17, 15) is 4.79 Å². The average Bonchev–Trinajstić information content (AvgIpc) is 3.36. The molecule has 0 unspecified atom stereocenters. The molecule has 1 aliphatic rings. The zero-order chi connectivity index (χ0) is 24.9. The van der Waals surface area contributed by atoms with Gasteiger partial charge in [0.05, 0.1) is 22.1 Å². The molecule has 2 heterocycles. The van der Waals surface area contributed by atoms with Gasteiger partial charge in [-0.1, -0.05) is 86.6 Å². The lowest BCUT2D eigenvalue weighted by atomic mass is 9.82. The number of fused-ring (bicyclic) bond motifs is 9. The van der Waals surface area contributed by atoms with Crippen LogP contribution in [0, 0.1) is 0 Å². The SMILES string of the molecule is CC1(C)c2ccccc2-c2cc3c4ccccc4n(-c4cccc5c4c(=O)oc4ccccc45)c3cc21. The molecule has 176 valence electrons.